The second-order valence-corrected chi connectivity index (χ2v) is 11.3. The van der Waals surface area contributed by atoms with Crippen molar-refractivity contribution in [3.8, 4) is 0 Å². The summed E-state index contributed by atoms with van der Waals surface area (Å²) in [4.78, 5) is 0. The molecule has 0 aliphatic heterocycles. The zero-order chi connectivity index (χ0) is 19.4. The summed E-state index contributed by atoms with van der Waals surface area (Å²) in [5.41, 5.74) is 0.694. The van der Waals surface area contributed by atoms with Gasteiger partial charge in [-0.3, -0.25) is 0 Å². The average Bonchev–Trinajstić information content (AvgIpc) is 2.98. The van der Waals surface area contributed by atoms with Gasteiger partial charge in [0, 0.05) is 6.61 Å². The fourth-order valence-electron chi connectivity index (χ4n) is 8.79. The molecule has 156 valence electrons. The van der Waals surface area contributed by atoms with Gasteiger partial charge in [0.25, 0.3) is 0 Å². The SMILES string of the molecule is CC(CCCO)C1CCC2C3C(O)CC4CC(O)CCC4(C)C3CCC12C. The second-order valence-electron chi connectivity index (χ2n) is 11.3. The van der Waals surface area contributed by atoms with Crippen molar-refractivity contribution in [1.29, 1.82) is 0 Å². The lowest BCUT2D eigenvalue weighted by atomic mass is 9.43. The second kappa shape index (κ2) is 7.29. The van der Waals surface area contributed by atoms with E-state index >= 15 is 0 Å². The molecule has 4 aliphatic rings. The molecule has 0 aromatic carbocycles. The van der Waals surface area contributed by atoms with E-state index in [0.29, 0.717) is 47.0 Å². The van der Waals surface area contributed by atoms with E-state index in [2.05, 4.69) is 20.8 Å². The predicted molar refractivity (Wildman–Crippen MR) is 108 cm³/mol. The molecular weight excluding hydrogens is 336 g/mol. The Morgan fingerprint density at radius 1 is 0.926 bits per heavy atom. The lowest BCUT2D eigenvalue weighted by Crippen LogP contribution is -2.58. The summed E-state index contributed by atoms with van der Waals surface area (Å²) >= 11 is 0. The van der Waals surface area contributed by atoms with Gasteiger partial charge in [-0.2, -0.15) is 0 Å². The van der Waals surface area contributed by atoms with Crippen LogP contribution in [0.15, 0.2) is 0 Å². The summed E-state index contributed by atoms with van der Waals surface area (Å²) in [7, 11) is 0. The fraction of sp³-hybridized carbons (Fsp3) is 1.00. The molecular formula is C24H42O3. The van der Waals surface area contributed by atoms with Gasteiger partial charge in [-0.15, -0.1) is 0 Å². The molecule has 0 aromatic heterocycles. The molecule has 0 amide bonds. The average molecular weight is 379 g/mol. The zero-order valence-corrected chi connectivity index (χ0v) is 17.7. The normalized spacial score (nSPS) is 53.3. The Labute approximate surface area is 165 Å². The monoisotopic (exact) mass is 378 g/mol. The standard InChI is InChI=1S/C24H42O3/c1-15(5-4-12-25)18-6-7-19-22-20(9-11-24(18,19)3)23(2)10-8-17(26)13-16(23)14-21(22)27/h15-22,25-27H,4-14H2,1-3H3. The molecule has 3 nitrogen and oxygen atoms in total. The highest BCUT2D eigenvalue weighted by molar-refractivity contribution is 5.11. The zero-order valence-electron chi connectivity index (χ0n) is 17.7. The summed E-state index contributed by atoms with van der Waals surface area (Å²) in [5, 5.41) is 30.7. The Hall–Kier alpha value is -0.120. The van der Waals surface area contributed by atoms with Crippen LogP contribution in [0.25, 0.3) is 0 Å². The number of fused-ring (bicyclic) bond motifs is 5. The maximum absolute atomic E-state index is 11.3. The molecule has 0 bridgehead atoms. The number of hydrogen-bond acceptors (Lipinski definition) is 3. The first kappa shape index (κ1) is 20.2. The number of aliphatic hydroxyl groups excluding tert-OH is 3. The van der Waals surface area contributed by atoms with Gasteiger partial charge < -0.3 is 15.3 Å². The van der Waals surface area contributed by atoms with E-state index in [1.807, 2.05) is 0 Å². The van der Waals surface area contributed by atoms with Gasteiger partial charge in [0.05, 0.1) is 12.2 Å². The Kier molecular flexibility index (Phi) is 5.44. The molecule has 0 heterocycles. The van der Waals surface area contributed by atoms with Crippen molar-refractivity contribution in [3.63, 3.8) is 0 Å². The highest BCUT2D eigenvalue weighted by Crippen LogP contribution is 2.68. The van der Waals surface area contributed by atoms with Gasteiger partial charge >= 0.3 is 0 Å². The smallest absolute Gasteiger partial charge is 0.0577 e. The molecule has 3 heteroatoms. The quantitative estimate of drug-likeness (QED) is 0.680. The molecule has 0 radical (unpaired) electrons. The fourth-order valence-corrected chi connectivity index (χ4v) is 8.79. The van der Waals surface area contributed by atoms with E-state index in [1.54, 1.807) is 0 Å². The predicted octanol–water partition coefficient (Wildman–Crippen LogP) is 4.39. The molecule has 10 unspecified atom stereocenters. The van der Waals surface area contributed by atoms with Gasteiger partial charge in [-0.05, 0) is 111 Å². The molecule has 4 rings (SSSR count). The van der Waals surface area contributed by atoms with E-state index < -0.39 is 0 Å². The van der Waals surface area contributed by atoms with Crippen molar-refractivity contribution < 1.29 is 15.3 Å². The lowest BCUT2D eigenvalue weighted by molar-refractivity contribution is -0.174. The Morgan fingerprint density at radius 2 is 1.63 bits per heavy atom. The van der Waals surface area contributed by atoms with Crippen LogP contribution in [-0.2, 0) is 0 Å². The van der Waals surface area contributed by atoms with Crippen LogP contribution in [0.1, 0.15) is 85.0 Å². The van der Waals surface area contributed by atoms with Gasteiger partial charge in [-0.1, -0.05) is 20.8 Å². The maximum atomic E-state index is 11.3. The first-order valence-corrected chi connectivity index (χ1v) is 11.8. The molecule has 4 aliphatic carbocycles. The third kappa shape index (κ3) is 3.11. The molecule has 0 aromatic rings. The van der Waals surface area contributed by atoms with Crippen molar-refractivity contribution in [2.75, 3.05) is 6.61 Å². The van der Waals surface area contributed by atoms with Gasteiger partial charge in [0.2, 0.25) is 0 Å². The van der Waals surface area contributed by atoms with Crippen molar-refractivity contribution in [3.05, 3.63) is 0 Å². The van der Waals surface area contributed by atoms with Crippen LogP contribution in [0.2, 0.25) is 0 Å². The highest BCUT2D eigenvalue weighted by atomic mass is 16.3. The van der Waals surface area contributed by atoms with Crippen molar-refractivity contribution in [1.82, 2.24) is 0 Å². The van der Waals surface area contributed by atoms with Crippen LogP contribution in [0.5, 0.6) is 0 Å². The Morgan fingerprint density at radius 3 is 2.37 bits per heavy atom. The first-order chi connectivity index (χ1) is 12.8. The lowest BCUT2D eigenvalue weighted by Gasteiger charge is -2.62. The summed E-state index contributed by atoms with van der Waals surface area (Å²) < 4.78 is 0. The van der Waals surface area contributed by atoms with Crippen molar-refractivity contribution in [2.24, 2.45) is 46.3 Å². The summed E-state index contributed by atoms with van der Waals surface area (Å²) in [5.74, 6) is 3.71. The van der Waals surface area contributed by atoms with Crippen LogP contribution in [-0.4, -0.2) is 34.1 Å². The van der Waals surface area contributed by atoms with E-state index in [1.165, 1.54) is 25.7 Å². The van der Waals surface area contributed by atoms with Gasteiger partial charge in [0.15, 0.2) is 0 Å². The third-order valence-corrected chi connectivity index (χ3v) is 10.2. The van der Waals surface area contributed by atoms with E-state index in [9.17, 15) is 15.3 Å². The van der Waals surface area contributed by atoms with Gasteiger partial charge in [-0.25, -0.2) is 0 Å². The summed E-state index contributed by atoms with van der Waals surface area (Å²) in [6.07, 6.45) is 10.8. The number of aliphatic hydroxyl groups is 3. The van der Waals surface area contributed by atoms with Crippen molar-refractivity contribution in [2.45, 2.75) is 97.2 Å². The third-order valence-electron chi connectivity index (χ3n) is 10.2. The molecule has 27 heavy (non-hydrogen) atoms. The van der Waals surface area contributed by atoms with Crippen LogP contribution in [0, 0.1) is 46.3 Å². The molecule has 4 fully saturated rings. The Bertz CT molecular complexity index is 536. The topological polar surface area (TPSA) is 60.7 Å². The number of rotatable bonds is 4. The van der Waals surface area contributed by atoms with Gasteiger partial charge in [0.1, 0.15) is 0 Å². The van der Waals surface area contributed by atoms with Crippen molar-refractivity contribution >= 4 is 0 Å². The van der Waals surface area contributed by atoms with E-state index in [4.69, 9.17) is 0 Å². The van der Waals surface area contributed by atoms with Crippen LogP contribution in [0.3, 0.4) is 0 Å². The summed E-state index contributed by atoms with van der Waals surface area (Å²) in [6.45, 7) is 7.74. The van der Waals surface area contributed by atoms with E-state index in [-0.39, 0.29) is 12.2 Å². The van der Waals surface area contributed by atoms with Crippen LogP contribution in [0.4, 0.5) is 0 Å². The number of hydrogen-bond donors (Lipinski definition) is 3. The Balaban J connectivity index is 1.57. The minimum atomic E-state index is -0.172. The first-order valence-electron chi connectivity index (χ1n) is 11.8. The minimum Gasteiger partial charge on any atom is -0.396 e. The molecule has 4 saturated carbocycles. The van der Waals surface area contributed by atoms with Crippen LogP contribution < -0.4 is 0 Å². The molecule has 0 spiro atoms. The summed E-state index contributed by atoms with van der Waals surface area (Å²) in [6, 6.07) is 0. The maximum Gasteiger partial charge on any atom is 0.0577 e. The highest BCUT2D eigenvalue weighted by Gasteiger charge is 2.62. The molecule has 0 saturated heterocycles. The largest absolute Gasteiger partial charge is 0.396 e. The molecule has 10 atom stereocenters. The van der Waals surface area contributed by atoms with Crippen LogP contribution >= 0.6 is 0 Å². The van der Waals surface area contributed by atoms with E-state index in [0.717, 1.165) is 44.4 Å². The molecule has 3 N–H and O–H groups in total. The minimum absolute atomic E-state index is 0.149.